The summed E-state index contributed by atoms with van der Waals surface area (Å²) in [6.07, 6.45) is 5.48. The van der Waals surface area contributed by atoms with Crippen LogP contribution in [0.1, 0.15) is 42.5 Å². The fourth-order valence-electron chi connectivity index (χ4n) is 2.58. The Morgan fingerprint density at radius 2 is 1.95 bits per heavy atom. The summed E-state index contributed by atoms with van der Waals surface area (Å²) < 4.78 is 0. The van der Waals surface area contributed by atoms with Gasteiger partial charge >= 0.3 is 0 Å². The first-order valence-corrected chi connectivity index (χ1v) is 7.53. The second kappa shape index (κ2) is 6.97. The van der Waals surface area contributed by atoms with Crippen LogP contribution in [-0.4, -0.2) is 11.9 Å². The molecule has 20 heavy (non-hydrogen) atoms. The van der Waals surface area contributed by atoms with Gasteiger partial charge in [0.25, 0.3) is 5.91 Å². The molecule has 1 amide bonds. The maximum Gasteiger partial charge on any atom is 0.252 e. The van der Waals surface area contributed by atoms with Crippen LogP contribution in [0.25, 0.3) is 0 Å². The van der Waals surface area contributed by atoms with Crippen LogP contribution in [0.2, 0.25) is 10.0 Å². The quantitative estimate of drug-likeness (QED) is 0.909. The number of hydrogen-bond acceptors (Lipinski definition) is 2. The number of carbonyl (C=O) groups is 1. The molecule has 3 nitrogen and oxygen atoms in total. The van der Waals surface area contributed by atoms with Gasteiger partial charge < -0.3 is 5.32 Å². The molecule has 1 N–H and O–H groups in total. The van der Waals surface area contributed by atoms with E-state index >= 15 is 0 Å². The maximum atomic E-state index is 12.2. The molecule has 1 atom stereocenters. The van der Waals surface area contributed by atoms with Crippen LogP contribution in [0.4, 0.5) is 0 Å². The Hall–Kier alpha value is -1.24. The van der Waals surface area contributed by atoms with Gasteiger partial charge in [-0.15, -0.1) is 0 Å². The SMILES string of the molecule is N#CC(NC(=O)c1ccc(Cl)c(Cl)c1)C1CCCCC1. The Morgan fingerprint density at radius 3 is 2.55 bits per heavy atom. The number of amides is 1. The fraction of sp³-hybridized carbons (Fsp3) is 0.467. The lowest BCUT2D eigenvalue weighted by atomic mass is 9.84. The molecule has 0 saturated heterocycles. The summed E-state index contributed by atoms with van der Waals surface area (Å²) in [5, 5.41) is 12.8. The molecule has 5 heteroatoms. The van der Waals surface area contributed by atoms with Crippen molar-refractivity contribution in [3.8, 4) is 6.07 Å². The average molecular weight is 311 g/mol. The Bertz CT molecular complexity index is 533. The maximum absolute atomic E-state index is 12.2. The number of nitriles is 1. The lowest BCUT2D eigenvalue weighted by Crippen LogP contribution is -2.40. The molecular weight excluding hydrogens is 295 g/mol. The van der Waals surface area contributed by atoms with Gasteiger partial charge in [0.2, 0.25) is 0 Å². The van der Waals surface area contributed by atoms with E-state index in [1.807, 2.05) is 0 Å². The third-order valence-corrected chi connectivity index (χ3v) is 4.47. The highest BCUT2D eigenvalue weighted by molar-refractivity contribution is 6.42. The molecule has 1 aliphatic rings. The van der Waals surface area contributed by atoms with Crippen LogP contribution in [-0.2, 0) is 0 Å². The van der Waals surface area contributed by atoms with Crippen molar-refractivity contribution >= 4 is 29.1 Å². The standard InChI is InChI=1S/C15H16Cl2N2O/c16-12-7-6-11(8-13(12)17)15(20)19-14(9-18)10-4-2-1-3-5-10/h6-8,10,14H,1-5H2,(H,19,20). The molecule has 1 aromatic rings. The zero-order chi connectivity index (χ0) is 14.5. The summed E-state index contributed by atoms with van der Waals surface area (Å²) in [4.78, 5) is 12.2. The van der Waals surface area contributed by atoms with Crippen LogP contribution in [0.15, 0.2) is 18.2 Å². The van der Waals surface area contributed by atoms with E-state index in [0.29, 0.717) is 15.6 Å². The van der Waals surface area contributed by atoms with Crippen LogP contribution in [0.3, 0.4) is 0 Å². The lowest BCUT2D eigenvalue weighted by Gasteiger charge is -2.26. The Balaban J connectivity index is 2.05. The van der Waals surface area contributed by atoms with Crippen molar-refractivity contribution in [2.45, 2.75) is 38.1 Å². The van der Waals surface area contributed by atoms with Crippen molar-refractivity contribution in [2.24, 2.45) is 5.92 Å². The van der Waals surface area contributed by atoms with E-state index in [4.69, 9.17) is 23.2 Å². The topological polar surface area (TPSA) is 52.9 Å². The van der Waals surface area contributed by atoms with Gasteiger partial charge in [-0.1, -0.05) is 42.5 Å². The van der Waals surface area contributed by atoms with Crippen LogP contribution in [0.5, 0.6) is 0 Å². The van der Waals surface area contributed by atoms with E-state index < -0.39 is 6.04 Å². The molecule has 1 aromatic carbocycles. The molecule has 1 unspecified atom stereocenters. The van der Waals surface area contributed by atoms with Crippen LogP contribution in [0, 0.1) is 17.2 Å². The van der Waals surface area contributed by atoms with Gasteiger partial charge in [0, 0.05) is 5.56 Å². The number of rotatable bonds is 3. The normalized spacial score (nSPS) is 17.2. The van der Waals surface area contributed by atoms with Crippen molar-refractivity contribution in [1.29, 1.82) is 5.26 Å². The highest BCUT2D eigenvalue weighted by Crippen LogP contribution is 2.27. The average Bonchev–Trinajstić information content (AvgIpc) is 2.48. The van der Waals surface area contributed by atoms with Gasteiger partial charge in [-0.25, -0.2) is 0 Å². The van der Waals surface area contributed by atoms with E-state index in [1.165, 1.54) is 12.5 Å². The minimum Gasteiger partial charge on any atom is -0.336 e. The van der Waals surface area contributed by atoms with Crippen molar-refractivity contribution in [3.05, 3.63) is 33.8 Å². The summed E-state index contributed by atoms with van der Waals surface area (Å²) in [6, 6.07) is 6.49. The first-order valence-electron chi connectivity index (χ1n) is 6.77. The molecule has 1 saturated carbocycles. The van der Waals surface area contributed by atoms with E-state index in [-0.39, 0.29) is 11.8 Å². The van der Waals surface area contributed by atoms with Crippen molar-refractivity contribution in [3.63, 3.8) is 0 Å². The zero-order valence-corrected chi connectivity index (χ0v) is 12.5. The van der Waals surface area contributed by atoms with Crippen molar-refractivity contribution in [1.82, 2.24) is 5.32 Å². The minimum absolute atomic E-state index is 0.250. The molecule has 0 heterocycles. The summed E-state index contributed by atoms with van der Waals surface area (Å²) >= 11 is 11.7. The highest BCUT2D eigenvalue weighted by Gasteiger charge is 2.25. The Kier molecular flexibility index (Phi) is 5.28. The minimum atomic E-state index is -0.433. The predicted octanol–water partition coefficient (Wildman–Crippen LogP) is 4.20. The van der Waals surface area contributed by atoms with Gasteiger partial charge in [0.15, 0.2) is 0 Å². The van der Waals surface area contributed by atoms with Crippen molar-refractivity contribution < 1.29 is 4.79 Å². The van der Waals surface area contributed by atoms with E-state index in [1.54, 1.807) is 12.1 Å². The third-order valence-electron chi connectivity index (χ3n) is 3.73. The molecule has 0 radical (unpaired) electrons. The number of carbonyl (C=O) groups excluding carboxylic acids is 1. The molecule has 1 fully saturated rings. The molecule has 2 rings (SSSR count). The van der Waals surface area contributed by atoms with Crippen LogP contribution < -0.4 is 5.32 Å². The molecule has 0 aliphatic heterocycles. The number of hydrogen-bond donors (Lipinski definition) is 1. The molecule has 0 bridgehead atoms. The summed E-state index contributed by atoms with van der Waals surface area (Å²) in [5.74, 6) is -0.0267. The number of halogens is 2. The second-order valence-corrected chi connectivity index (χ2v) is 5.92. The van der Waals surface area contributed by atoms with Gasteiger partial charge in [-0.3, -0.25) is 4.79 Å². The largest absolute Gasteiger partial charge is 0.336 e. The molecule has 0 spiro atoms. The lowest BCUT2D eigenvalue weighted by molar-refractivity contribution is 0.0929. The smallest absolute Gasteiger partial charge is 0.252 e. The van der Waals surface area contributed by atoms with Gasteiger partial charge in [0.1, 0.15) is 6.04 Å². The molecular formula is C15H16Cl2N2O. The van der Waals surface area contributed by atoms with Crippen molar-refractivity contribution in [2.75, 3.05) is 0 Å². The number of nitrogens with one attached hydrogen (secondary N) is 1. The number of nitrogens with zero attached hydrogens (tertiary/aromatic N) is 1. The zero-order valence-electron chi connectivity index (χ0n) is 11.0. The van der Waals surface area contributed by atoms with Gasteiger partial charge in [-0.05, 0) is 37.0 Å². The van der Waals surface area contributed by atoms with E-state index in [0.717, 1.165) is 25.7 Å². The fourth-order valence-corrected chi connectivity index (χ4v) is 2.88. The highest BCUT2D eigenvalue weighted by atomic mass is 35.5. The Morgan fingerprint density at radius 1 is 1.25 bits per heavy atom. The van der Waals surface area contributed by atoms with Crippen LogP contribution >= 0.6 is 23.2 Å². The summed E-state index contributed by atoms with van der Waals surface area (Å²) in [5.41, 5.74) is 0.426. The van der Waals surface area contributed by atoms with E-state index in [9.17, 15) is 10.1 Å². The number of benzene rings is 1. The molecule has 0 aromatic heterocycles. The molecule has 106 valence electrons. The second-order valence-electron chi connectivity index (χ2n) is 5.11. The summed E-state index contributed by atoms with van der Waals surface area (Å²) in [7, 11) is 0. The third kappa shape index (κ3) is 3.65. The monoisotopic (exact) mass is 310 g/mol. The molecule has 1 aliphatic carbocycles. The predicted molar refractivity (Wildman–Crippen MR) is 79.9 cm³/mol. The summed E-state index contributed by atoms with van der Waals surface area (Å²) in [6.45, 7) is 0. The first kappa shape index (κ1) is 15.2. The Labute approximate surface area is 128 Å². The van der Waals surface area contributed by atoms with E-state index in [2.05, 4.69) is 11.4 Å². The van der Waals surface area contributed by atoms with Gasteiger partial charge in [-0.2, -0.15) is 5.26 Å². The van der Waals surface area contributed by atoms with Gasteiger partial charge in [0.05, 0.1) is 16.1 Å². The first-order chi connectivity index (χ1) is 9.61.